The summed E-state index contributed by atoms with van der Waals surface area (Å²) < 4.78 is 0. The van der Waals surface area contributed by atoms with Crippen molar-refractivity contribution in [3.63, 3.8) is 0 Å². The molecule has 2 nitrogen and oxygen atoms in total. The Kier molecular flexibility index (Phi) is 2.29. The SMILES string of the molecule is NC1CCC(N(CC2CC2)C2CC2)C1. The first-order valence-electron chi connectivity index (χ1n) is 6.34. The highest BCUT2D eigenvalue weighted by atomic mass is 15.2. The van der Waals surface area contributed by atoms with Crippen LogP contribution in [0.5, 0.6) is 0 Å². The van der Waals surface area contributed by atoms with Gasteiger partial charge in [-0.2, -0.15) is 0 Å². The third-order valence-electron chi connectivity index (χ3n) is 4.10. The highest BCUT2D eigenvalue weighted by molar-refractivity contribution is 4.95. The summed E-state index contributed by atoms with van der Waals surface area (Å²) in [5.74, 6) is 1.05. The zero-order chi connectivity index (χ0) is 9.54. The predicted octanol–water partition coefficient (Wildman–Crippen LogP) is 1.74. The van der Waals surface area contributed by atoms with E-state index in [1.807, 2.05) is 0 Å². The van der Waals surface area contributed by atoms with Gasteiger partial charge in [-0.3, -0.25) is 4.90 Å². The molecule has 0 radical (unpaired) electrons. The molecular weight excluding hydrogens is 172 g/mol. The van der Waals surface area contributed by atoms with E-state index in [9.17, 15) is 0 Å². The van der Waals surface area contributed by atoms with Gasteiger partial charge in [0.15, 0.2) is 0 Å². The zero-order valence-corrected chi connectivity index (χ0v) is 8.99. The summed E-state index contributed by atoms with van der Waals surface area (Å²) in [6, 6.07) is 2.30. The molecule has 0 aliphatic heterocycles. The Hall–Kier alpha value is -0.0800. The van der Waals surface area contributed by atoms with E-state index in [0.717, 1.165) is 18.0 Å². The van der Waals surface area contributed by atoms with E-state index in [4.69, 9.17) is 5.73 Å². The van der Waals surface area contributed by atoms with Gasteiger partial charge in [-0.05, 0) is 50.9 Å². The maximum Gasteiger partial charge on any atom is 0.0114 e. The topological polar surface area (TPSA) is 29.3 Å². The van der Waals surface area contributed by atoms with Gasteiger partial charge >= 0.3 is 0 Å². The van der Waals surface area contributed by atoms with Crippen molar-refractivity contribution in [2.45, 2.75) is 63.1 Å². The van der Waals surface area contributed by atoms with Gasteiger partial charge in [-0.15, -0.1) is 0 Å². The van der Waals surface area contributed by atoms with Crippen LogP contribution < -0.4 is 5.73 Å². The van der Waals surface area contributed by atoms with Crippen LogP contribution in [0.4, 0.5) is 0 Å². The summed E-state index contributed by atoms with van der Waals surface area (Å²) in [6.45, 7) is 1.39. The van der Waals surface area contributed by atoms with Gasteiger partial charge in [0.2, 0.25) is 0 Å². The van der Waals surface area contributed by atoms with Crippen LogP contribution >= 0.6 is 0 Å². The Balaban J connectivity index is 1.59. The van der Waals surface area contributed by atoms with E-state index in [-0.39, 0.29) is 0 Å². The Labute approximate surface area is 86.8 Å². The average molecular weight is 194 g/mol. The number of hydrogen-bond acceptors (Lipinski definition) is 2. The van der Waals surface area contributed by atoms with Gasteiger partial charge in [-0.25, -0.2) is 0 Å². The normalized spacial score (nSPS) is 38.1. The lowest BCUT2D eigenvalue weighted by atomic mass is 10.2. The fraction of sp³-hybridized carbons (Fsp3) is 1.00. The van der Waals surface area contributed by atoms with E-state index in [2.05, 4.69) is 4.90 Å². The average Bonchev–Trinajstić information content (AvgIpc) is 3.04. The van der Waals surface area contributed by atoms with E-state index in [1.165, 1.54) is 51.5 Å². The quantitative estimate of drug-likeness (QED) is 0.738. The standard InChI is InChI=1S/C12H22N2/c13-10-3-4-12(7-10)14(11-5-6-11)8-9-1-2-9/h9-12H,1-8,13H2. The molecule has 0 spiro atoms. The van der Waals surface area contributed by atoms with Crippen LogP contribution in [-0.2, 0) is 0 Å². The number of rotatable bonds is 4. The third-order valence-corrected chi connectivity index (χ3v) is 4.10. The predicted molar refractivity (Wildman–Crippen MR) is 58.1 cm³/mol. The van der Waals surface area contributed by atoms with Gasteiger partial charge in [0.1, 0.15) is 0 Å². The Morgan fingerprint density at radius 1 is 0.929 bits per heavy atom. The van der Waals surface area contributed by atoms with Crippen LogP contribution in [0, 0.1) is 5.92 Å². The van der Waals surface area contributed by atoms with Crippen LogP contribution in [0.15, 0.2) is 0 Å². The van der Waals surface area contributed by atoms with Crippen molar-refractivity contribution in [3.8, 4) is 0 Å². The van der Waals surface area contributed by atoms with Crippen LogP contribution in [0.3, 0.4) is 0 Å². The largest absolute Gasteiger partial charge is 0.328 e. The maximum atomic E-state index is 6.00. The molecule has 0 aromatic rings. The van der Waals surface area contributed by atoms with Crippen LogP contribution in [0.2, 0.25) is 0 Å². The summed E-state index contributed by atoms with van der Waals surface area (Å²) in [7, 11) is 0. The van der Waals surface area contributed by atoms with Crippen molar-refractivity contribution in [2.24, 2.45) is 11.7 Å². The molecule has 2 atom stereocenters. The number of nitrogens with two attached hydrogens (primary N) is 1. The van der Waals surface area contributed by atoms with Crippen LogP contribution in [-0.4, -0.2) is 29.6 Å². The van der Waals surface area contributed by atoms with E-state index in [0.29, 0.717) is 6.04 Å². The molecule has 2 unspecified atom stereocenters. The minimum atomic E-state index is 0.500. The number of nitrogens with zero attached hydrogens (tertiary/aromatic N) is 1. The second-order valence-electron chi connectivity index (χ2n) is 5.60. The molecule has 0 bridgehead atoms. The molecule has 0 saturated heterocycles. The van der Waals surface area contributed by atoms with Gasteiger partial charge in [0, 0.05) is 24.7 Å². The monoisotopic (exact) mass is 194 g/mol. The van der Waals surface area contributed by atoms with Crippen molar-refractivity contribution >= 4 is 0 Å². The number of hydrogen-bond donors (Lipinski definition) is 1. The molecule has 3 aliphatic rings. The summed E-state index contributed by atoms with van der Waals surface area (Å²) in [6.07, 6.45) is 9.78. The molecule has 80 valence electrons. The molecule has 3 saturated carbocycles. The molecule has 0 aromatic heterocycles. The first kappa shape index (κ1) is 9.17. The fourth-order valence-corrected chi connectivity index (χ4v) is 2.89. The van der Waals surface area contributed by atoms with E-state index < -0.39 is 0 Å². The van der Waals surface area contributed by atoms with E-state index >= 15 is 0 Å². The summed E-state index contributed by atoms with van der Waals surface area (Å²) in [4.78, 5) is 2.81. The van der Waals surface area contributed by atoms with Crippen molar-refractivity contribution in [2.75, 3.05) is 6.54 Å². The lowest BCUT2D eigenvalue weighted by Crippen LogP contribution is -2.37. The first-order valence-corrected chi connectivity index (χ1v) is 6.34. The second kappa shape index (κ2) is 3.49. The third kappa shape index (κ3) is 1.96. The Morgan fingerprint density at radius 3 is 2.14 bits per heavy atom. The molecule has 14 heavy (non-hydrogen) atoms. The Bertz CT molecular complexity index is 208. The minimum Gasteiger partial charge on any atom is -0.328 e. The van der Waals surface area contributed by atoms with Crippen molar-refractivity contribution in [1.29, 1.82) is 0 Å². The maximum absolute atomic E-state index is 6.00. The molecule has 0 amide bonds. The summed E-state index contributed by atoms with van der Waals surface area (Å²) in [5.41, 5.74) is 6.00. The molecule has 2 N–H and O–H groups in total. The molecular formula is C12H22N2. The molecule has 0 heterocycles. The van der Waals surface area contributed by atoms with Crippen molar-refractivity contribution in [1.82, 2.24) is 4.90 Å². The highest BCUT2D eigenvalue weighted by Gasteiger charge is 2.39. The van der Waals surface area contributed by atoms with Gasteiger partial charge in [-0.1, -0.05) is 0 Å². The molecule has 2 heteroatoms. The lowest BCUT2D eigenvalue weighted by Gasteiger charge is -2.28. The molecule has 3 aliphatic carbocycles. The van der Waals surface area contributed by atoms with Gasteiger partial charge in [0.05, 0.1) is 0 Å². The second-order valence-corrected chi connectivity index (χ2v) is 5.60. The summed E-state index contributed by atoms with van der Waals surface area (Å²) >= 11 is 0. The molecule has 0 aromatic carbocycles. The lowest BCUT2D eigenvalue weighted by molar-refractivity contribution is 0.179. The smallest absolute Gasteiger partial charge is 0.0114 e. The van der Waals surface area contributed by atoms with Gasteiger partial charge < -0.3 is 5.73 Å². The minimum absolute atomic E-state index is 0.500. The fourth-order valence-electron chi connectivity index (χ4n) is 2.89. The highest BCUT2D eigenvalue weighted by Crippen LogP contribution is 2.38. The van der Waals surface area contributed by atoms with E-state index in [1.54, 1.807) is 0 Å². The van der Waals surface area contributed by atoms with Crippen molar-refractivity contribution < 1.29 is 0 Å². The Morgan fingerprint density at radius 2 is 1.64 bits per heavy atom. The van der Waals surface area contributed by atoms with Crippen LogP contribution in [0.1, 0.15) is 44.9 Å². The zero-order valence-electron chi connectivity index (χ0n) is 8.99. The van der Waals surface area contributed by atoms with Gasteiger partial charge in [0.25, 0.3) is 0 Å². The molecule has 3 fully saturated rings. The first-order chi connectivity index (χ1) is 6.83. The van der Waals surface area contributed by atoms with Crippen molar-refractivity contribution in [3.05, 3.63) is 0 Å². The molecule has 3 rings (SSSR count). The van der Waals surface area contributed by atoms with Crippen LogP contribution in [0.25, 0.3) is 0 Å². The summed E-state index contributed by atoms with van der Waals surface area (Å²) in [5, 5.41) is 0.